The van der Waals surface area contributed by atoms with Crippen molar-refractivity contribution in [1.29, 1.82) is 0 Å². The molecule has 0 N–H and O–H groups in total. The molecule has 0 spiro atoms. The predicted octanol–water partition coefficient (Wildman–Crippen LogP) is 3.33. The Morgan fingerprint density at radius 1 is 1.64 bits per heavy atom. The number of nitro benzene ring substituents is 1. The van der Waals surface area contributed by atoms with Gasteiger partial charge in [-0.3, -0.25) is 10.1 Å². The molecule has 0 heterocycles. The SMILES string of the molecule is COc1c([N+](=O)[O-])cc(Cl)c(C)c1Br. The number of hydrogen-bond acceptors (Lipinski definition) is 3. The van der Waals surface area contributed by atoms with E-state index in [1.54, 1.807) is 6.92 Å². The molecule has 6 heteroatoms. The molecule has 0 fully saturated rings. The first-order valence-corrected chi connectivity index (χ1v) is 4.83. The zero-order chi connectivity index (χ0) is 10.9. The maximum absolute atomic E-state index is 10.6. The molecule has 0 aliphatic rings. The minimum Gasteiger partial charge on any atom is -0.489 e. The van der Waals surface area contributed by atoms with E-state index in [-0.39, 0.29) is 11.4 Å². The molecule has 1 rings (SSSR count). The van der Waals surface area contributed by atoms with Crippen LogP contribution in [0.4, 0.5) is 5.69 Å². The zero-order valence-corrected chi connectivity index (χ0v) is 9.85. The molecule has 0 aromatic heterocycles. The van der Waals surface area contributed by atoms with E-state index in [4.69, 9.17) is 16.3 Å². The van der Waals surface area contributed by atoms with Crippen molar-refractivity contribution in [2.75, 3.05) is 7.11 Å². The summed E-state index contributed by atoms with van der Waals surface area (Å²) >= 11 is 9.00. The third-order valence-electron chi connectivity index (χ3n) is 1.78. The molecule has 0 atom stereocenters. The highest BCUT2D eigenvalue weighted by Gasteiger charge is 2.21. The van der Waals surface area contributed by atoms with Gasteiger partial charge in [0.15, 0.2) is 0 Å². The summed E-state index contributed by atoms with van der Waals surface area (Å²) in [5.41, 5.74) is 0.573. The molecule has 0 saturated heterocycles. The second-order valence-electron chi connectivity index (χ2n) is 2.61. The molecule has 0 unspecified atom stereocenters. The van der Waals surface area contributed by atoms with E-state index in [2.05, 4.69) is 15.9 Å². The van der Waals surface area contributed by atoms with Crippen molar-refractivity contribution in [3.05, 3.63) is 31.2 Å². The topological polar surface area (TPSA) is 52.4 Å². The summed E-state index contributed by atoms with van der Waals surface area (Å²) < 4.78 is 5.44. The second kappa shape index (κ2) is 4.14. The Labute approximate surface area is 94.1 Å². The molecular weight excluding hydrogens is 273 g/mol. The summed E-state index contributed by atoms with van der Waals surface area (Å²) in [5.74, 6) is 0.192. The standard InChI is InChI=1S/C8H7BrClNO3/c1-4-5(10)3-6(11(12)13)8(14-2)7(4)9/h3H,1-2H3. The van der Waals surface area contributed by atoms with Crippen molar-refractivity contribution in [2.45, 2.75) is 6.92 Å². The minimum absolute atomic E-state index is 0.144. The van der Waals surface area contributed by atoms with Gasteiger partial charge in [0.05, 0.1) is 21.5 Å². The van der Waals surface area contributed by atoms with Crippen LogP contribution in [0, 0.1) is 17.0 Å². The Balaban J connectivity index is 3.51. The molecule has 0 radical (unpaired) electrons. The number of benzene rings is 1. The normalized spacial score (nSPS) is 10.0. The fourth-order valence-electron chi connectivity index (χ4n) is 1.01. The number of rotatable bonds is 2. The van der Waals surface area contributed by atoms with E-state index in [0.717, 1.165) is 0 Å². The van der Waals surface area contributed by atoms with Gasteiger partial charge in [-0.2, -0.15) is 0 Å². The van der Waals surface area contributed by atoms with E-state index < -0.39 is 4.92 Å². The maximum atomic E-state index is 10.6. The van der Waals surface area contributed by atoms with Crippen molar-refractivity contribution in [1.82, 2.24) is 0 Å². The van der Waals surface area contributed by atoms with Crippen molar-refractivity contribution in [2.24, 2.45) is 0 Å². The van der Waals surface area contributed by atoms with Crippen molar-refractivity contribution >= 4 is 33.2 Å². The van der Waals surface area contributed by atoms with Crippen molar-refractivity contribution < 1.29 is 9.66 Å². The van der Waals surface area contributed by atoms with Crippen LogP contribution in [0.3, 0.4) is 0 Å². The molecule has 0 saturated carbocycles. The molecule has 4 nitrogen and oxygen atoms in total. The molecule has 0 aliphatic carbocycles. The fourth-order valence-corrected chi connectivity index (χ4v) is 1.90. The minimum atomic E-state index is -0.533. The van der Waals surface area contributed by atoms with E-state index in [9.17, 15) is 10.1 Å². The molecule has 0 bridgehead atoms. The van der Waals surface area contributed by atoms with Crippen LogP contribution in [0.15, 0.2) is 10.5 Å². The maximum Gasteiger partial charge on any atom is 0.313 e. The van der Waals surface area contributed by atoms with Gasteiger partial charge in [0, 0.05) is 6.07 Å². The molecule has 14 heavy (non-hydrogen) atoms. The fraction of sp³-hybridized carbons (Fsp3) is 0.250. The summed E-state index contributed by atoms with van der Waals surface area (Å²) in [6.45, 7) is 1.75. The lowest BCUT2D eigenvalue weighted by Crippen LogP contribution is -1.96. The van der Waals surface area contributed by atoms with Crippen LogP contribution >= 0.6 is 27.5 Å². The lowest BCUT2D eigenvalue weighted by atomic mass is 10.2. The van der Waals surface area contributed by atoms with E-state index in [0.29, 0.717) is 15.1 Å². The number of methoxy groups -OCH3 is 1. The van der Waals surface area contributed by atoms with Crippen LogP contribution in [0.25, 0.3) is 0 Å². The van der Waals surface area contributed by atoms with Crippen molar-refractivity contribution in [3.63, 3.8) is 0 Å². The first-order chi connectivity index (χ1) is 6.49. The van der Waals surface area contributed by atoms with Crippen LogP contribution in [0.5, 0.6) is 5.75 Å². The van der Waals surface area contributed by atoms with Gasteiger partial charge in [0.25, 0.3) is 0 Å². The van der Waals surface area contributed by atoms with Gasteiger partial charge in [-0.25, -0.2) is 0 Å². The van der Waals surface area contributed by atoms with E-state index in [1.807, 2.05) is 0 Å². The van der Waals surface area contributed by atoms with Crippen LogP contribution in [0.1, 0.15) is 5.56 Å². The highest BCUT2D eigenvalue weighted by Crippen LogP contribution is 2.40. The van der Waals surface area contributed by atoms with E-state index >= 15 is 0 Å². The first kappa shape index (κ1) is 11.3. The highest BCUT2D eigenvalue weighted by atomic mass is 79.9. The predicted molar refractivity (Wildman–Crippen MR) is 57.1 cm³/mol. The Bertz CT molecular complexity index is 395. The van der Waals surface area contributed by atoms with Gasteiger partial charge in [0.1, 0.15) is 0 Å². The average Bonchev–Trinajstić information content (AvgIpc) is 2.13. The largest absolute Gasteiger partial charge is 0.489 e. The van der Waals surface area contributed by atoms with Gasteiger partial charge in [-0.05, 0) is 28.4 Å². The van der Waals surface area contributed by atoms with Crippen molar-refractivity contribution in [3.8, 4) is 5.75 Å². The van der Waals surface area contributed by atoms with Crippen LogP contribution in [-0.4, -0.2) is 12.0 Å². The number of nitro groups is 1. The molecule has 0 amide bonds. The Morgan fingerprint density at radius 2 is 2.21 bits per heavy atom. The molecule has 0 aliphatic heterocycles. The highest BCUT2D eigenvalue weighted by molar-refractivity contribution is 9.10. The van der Waals surface area contributed by atoms with Crippen LogP contribution in [0.2, 0.25) is 5.02 Å². The second-order valence-corrected chi connectivity index (χ2v) is 3.81. The van der Waals surface area contributed by atoms with Gasteiger partial charge in [0.2, 0.25) is 5.75 Å². The summed E-state index contributed by atoms with van der Waals surface area (Å²) in [4.78, 5) is 10.1. The lowest BCUT2D eigenvalue weighted by Gasteiger charge is -2.07. The van der Waals surface area contributed by atoms with Gasteiger partial charge in [-0.15, -0.1) is 0 Å². The smallest absolute Gasteiger partial charge is 0.313 e. The third kappa shape index (κ3) is 1.83. The Morgan fingerprint density at radius 3 is 2.64 bits per heavy atom. The van der Waals surface area contributed by atoms with Crippen LogP contribution < -0.4 is 4.74 Å². The van der Waals surface area contributed by atoms with Gasteiger partial charge < -0.3 is 4.74 Å². The van der Waals surface area contributed by atoms with Crippen LogP contribution in [-0.2, 0) is 0 Å². The van der Waals surface area contributed by atoms with Gasteiger partial charge >= 0.3 is 5.69 Å². The zero-order valence-electron chi connectivity index (χ0n) is 7.51. The lowest BCUT2D eigenvalue weighted by molar-refractivity contribution is -0.385. The van der Waals surface area contributed by atoms with E-state index in [1.165, 1.54) is 13.2 Å². The Hall–Kier alpha value is -0.810. The molecular formula is C8H7BrClNO3. The number of nitrogens with zero attached hydrogens (tertiary/aromatic N) is 1. The average molecular weight is 281 g/mol. The number of hydrogen-bond donors (Lipinski definition) is 0. The number of ether oxygens (including phenoxy) is 1. The summed E-state index contributed by atoms with van der Waals surface area (Å²) in [5, 5.41) is 11.0. The Kier molecular flexibility index (Phi) is 3.34. The molecule has 1 aromatic carbocycles. The number of halogens is 2. The summed E-state index contributed by atoms with van der Waals surface area (Å²) in [6, 6.07) is 1.28. The summed E-state index contributed by atoms with van der Waals surface area (Å²) in [6.07, 6.45) is 0. The third-order valence-corrected chi connectivity index (χ3v) is 3.13. The monoisotopic (exact) mass is 279 g/mol. The molecule has 76 valence electrons. The molecule has 1 aromatic rings. The quantitative estimate of drug-likeness (QED) is 0.617. The summed E-state index contributed by atoms with van der Waals surface area (Å²) in [7, 11) is 1.38. The van der Waals surface area contributed by atoms with Gasteiger partial charge in [-0.1, -0.05) is 11.6 Å². The first-order valence-electron chi connectivity index (χ1n) is 3.66.